The van der Waals surface area contributed by atoms with Crippen molar-refractivity contribution in [2.45, 2.75) is 6.10 Å². The minimum Gasteiger partial charge on any atom is -0.493 e. The molecule has 16 heavy (non-hydrogen) atoms. The third-order valence-corrected chi connectivity index (χ3v) is 2.46. The van der Waals surface area contributed by atoms with E-state index in [1.165, 1.54) is 0 Å². The van der Waals surface area contributed by atoms with Crippen molar-refractivity contribution in [3.8, 4) is 11.5 Å². The SMILES string of the molecule is COc1ccc(C2CN=C(N)O2)cc1OC. The second-order valence-electron chi connectivity index (χ2n) is 3.40. The van der Waals surface area contributed by atoms with E-state index in [2.05, 4.69) is 4.99 Å². The number of hydrogen-bond donors (Lipinski definition) is 1. The molecule has 0 bridgehead atoms. The Bertz CT molecular complexity index is 418. The van der Waals surface area contributed by atoms with E-state index in [0.717, 1.165) is 5.56 Å². The van der Waals surface area contributed by atoms with E-state index in [1.54, 1.807) is 14.2 Å². The molecule has 0 saturated carbocycles. The first kappa shape index (κ1) is 10.6. The van der Waals surface area contributed by atoms with Crippen LogP contribution in [0.15, 0.2) is 23.2 Å². The molecule has 1 aliphatic rings. The number of ether oxygens (including phenoxy) is 3. The molecule has 0 amide bonds. The Kier molecular flexibility index (Phi) is 2.85. The molecular weight excluding hydrogens is 208 g/mol. The molecule has 0 aromatic heterocycles. The van der Waals surface area contributed by atoms with Crippen molar-refractivity contribution in [2.75, 3.05) is 20.8 Å². The normalized spacial score (nSPS) is 18.9. The molecule has 1 heterocycles. The fourth-order valence-electron chi connectivity index (χ4n) is 1.62. The molecule has 1 aromatic carbocycles. The molecule has 0 aliphatic carbocycles. The van der Waals surface area contributed by atoms with Crippen molar-refractivity contribution in [3.05, 3.63) is 23.8 Å². The van der Waals surface area contributed by atoms with Gasteiger partial charge in [0, 0.05) is 0 Å². The molecule has 0 saturated heterocycles. The average Bonchev–Trinajstić information content (AvgIpc) is 2.75. The molecule has 1 aromatic rings. The van der Waals surface area contributed by atoms with Gasteiger partial charge < -0.3 is 19.9 Å². The van der Waals surface area contributed by atoms with Gasteiger partial charge in [0.15, 0.2) is 11.5 Å². The van der Waals surface area contributed by atoms with Crippen LogP contribution in [0.1, 0.15) is 11.7 Å². The van der Waals surface area contributed by atoms with Gasteiger partial charge in [0.2, 0.25) is 0 Å². The van der Waals surface area contributed by atoms with Gasteiger partial charge in [0.1, 0.15) is 6.10 Å². The van der Waals surface area contributed by atoms with Crippen molar-refractivity contribution >= 4 is 6.02 Å². The number of aliphatic imine (C=N–C) groups is 1. The van der Waals surface area contributed by atoms with Gasteiger partial charge in [-0.25, -0.2) is 4.99 Å². The van der Waals surface area contributed by atoms with E-state index in [9.17, 15) is 0 Å². The maximum absolute atomic E-state index is 5.46. The zero-order chi connectivity index (χ0) is 11.5. The van der Waals surface area contributed by atoms with E-state index >= 15 is 0 Å². The van der Waals surface area contributed by atoms with Crippen LogP contribution in [0.5, 0.6) is 11.5 Å². The first-order chi connectivity index (χ1) is 7.74. The predicted molar refractivity (Wildman–Crippen MR) is 59.9 cm³/mol. The summed E-state index contributed by atoms with van der Waals surface area (Å²) < 4.78 is 15.7. The summed E-state index contributed by atoms with van der Waals surface area (Å²) in [6.07, 6.45) is -0.125. The van der Waals surface area contributed by atoms with Crippen molar-refractivity contribution < 1.29 is 14.2 Å². The Morgan fingerprint density at radius 2 is 2.06 bits per heavy atom. The lowest BCUT2D eigenvalue weighted by molar-refractivity contribution is 0.225. The number of benzene rings is 1. The molecule has 5 nitrogen and oxygen atoms in total. The summed E-state index contributed by atoms with van der Waals surface area (Å²) in [4.78, 5) is 3.99. The van der Waals surface area contributed by atoms with E-state index in [4.69, 9.17) is 19.9 Å². The fourth-order valence-corrected chi connectivity index (χ4v) is 1.62. The zero-order valence-electron chi connectivity index (χ0n) is 9.27. The first-order valence-electron chi connectivity index (χ1n) is 4.93. The van der Waals surface area contributed by atoms with Crippen LogP contribution in [0.2, 0.25) is 0 Å². The largest absolute Gasteiger partial charge is 0.493 e. The van der Waals surface area contributed by atoms with Crippen LogP contribution in [-0.2, 0) is 4.74 Å². The highest BCUT2D eigenvalue weighted by Gasteiger charge is 2.20. The molecule has 1 aliphatic heterocycles. The maximum atomic E-state index is 5.46. The van der Waals surface area contributed by atoms with E-state index < -0.39 is 0 Å². The van der Waals surface area contributed by atoms with Crippen molar-refractivity contribution in [1.82, 2.24) is 0 Å². The summed E-state index contributed by atoms with van der Waals surface area (Å²) in [6, 6.07) is 5.86. The van der Waals surface area contributed by atoms with Crippen LogP contribution in [0.3, 0.4) is 0 Å². The molecule has 0 fully saturated rings. The van der Waals surface area contributed by atoms with Gasteiger partial charge in [-0.1, -0.05) is 6.07 Å². The number of methoxy groups -OCH3 is 2. The molecule has 1 unspecified atom stereocenters. The monoisotopic (exact) mass is 222 g/mol. The highest BCUT2D eigenvalue weighted by molar-refractivity contribution is 5.73. The van der Waals surface area contributed by atoms with Gasteiger partial charge in [-0.05, 0) is 17.7 Å². The topological polar surface area (TPSA) is 66.1 Å². The zero-order valence-corrected chi connectivity index (χ0v) is 9.27. The second-order valence-corrected chi connectivity index (χ2v) is 3.40. The summed E-state index contributed by atoms with van der Waals surface area (Å²) >= 11 is 0. The lowest BCUT2D eigenvalue weighted by atomic mass is 10.1. The fraction of sp³-hybridized carbons (Fsp3) is 0.364. The van der Waals surface area contributed by atoms with Gasteiger partial charge in [-0.15, -0.1) is 0 Å². The number of nitrogens with zero attached hydrogens (tertiary/aromatic N) is 1. The summed E-state index contributed by atoms with van der Waals surface area (Å²) in [5, 5.41) is 0. The third kappa shape index (κ3) is 1.88. The van der Waals surface area contributed by atoms with Gasteiger partial charge in [0.25, 0.3) is 6.02 Å². The van der Waals surface area contributed by atoms with Crippen LogP contribution < -0.4 is 15.2 Å². The van der Waals surface area contributed by atoms with Crippen molar-refractivity contribution in [1.29, 1.82) is 0 Å². The third-order valence-electron chi connectivity index (χ3n) is 2.46. The Morgan fingerprint density at radius 1 is 1.31 bits per heavy atom. The van der Waals surface area contributed by atoms with E-state index in [1.807, 2.05) is 18.2 Å². The molecule has 2 N–H and O–H groups in total. The lowest BCUT2D eigenvalue weighted by Gasteiger charge is -2.13. The van der Waals surface area contributed by atoms with Gasteiger partial charge in [0.05, 0.1) is 20.8 Å². The molecule has 2 rings (SSSR count). The Hall–Kier alpha value is -1.91. The summed E-state index contributed by atoms with van der Waals surface area (Å²) in [5.74, 6) is 1.37. The minimum atomic E-state index is -0.125. The summed E-state index contributed by atoms with van der Waals surface area (Å²) in [5.41, 5.74) is 6.43. The van der Waals surface area contributed by atoms with Crippen LogP contribution in [-0.4, -0.2) is 26.8 Å². The summed E-state index contributed by atoms with van der Waals surface area (Å²) in [6.45, 7) is 0.543. The summed E-state index contributed by atoms with van der Waals surface area (Å²) in [7, 11) is 3.20. The molecule has 0 spiro atoms. The van der Waals surface area contributed by atoms with Gasteiger partial charge in [-0.2, -0.15) is 0 Å². The number of rotatable bonds is 3. The van der Waals surface area contributed by atoms with Crippen LogP contribution in [0, 0.1) is 0 Å². The maximum Gasteiger partial charge on any atom is 0.282 e. The highest BCUT2D eigenvalue weighted by Crippen LogP contribution is 2.32. The van der Waals surface area contributed by atoms with Crippen molar-refractivity contribution in [2.24, 2.45) is 10.7 Å². The smallest absolute Gasteiger partial charge is 0.282 e. The van der Waals surface area contributed by atoms with Crippen LogP contribution >= 0.6 is 0 Å². The predicted octanol–water partition coefficient (Wildman–Crippen LogP) is 1.09. The molecule has 0 radical (unpaired) electrons. The highest BCUT2D eigenvalue weighted by atomic mass is 16.5. The second kappa shape index (κ2) is 4.30. The lowest BCUT2D eigenvalue weighted by Crippen LogP contribution is -2.13. The average molecular weight is 222 g/mol. The molecule has 86 valence electrons. The van der Waals surface area contributed by atoms with Gasteiger partial charge >= 0.3 is 0 Å². The van der Waals surface area contributed by atoms with Crippen molar-refractivity contribution in [3.63, 3.8) is 0 Å². The standard InChI is InChI=1S/C11H14N2O3/c1-14-8-4-3-7(5-9(8)15-2)10-6-13-11(12)16-10/h3-5,10H,6H2,1-2H3,(H2,12,13). The van der Waals surface area contributed by atoms with Gasteiger partial charge in [-0.3, -0.25) is 0 Å². The first-order valence-corrected chi connectivity index (χ1v) is 4.93. The Morgan fingerprint density at radius 3 is 2.62 bits per heavy atom. The minimum absolute atomic E-state index is 0.125. The number of hydrogen-bond acceptors (Lipinski definition) is 5. The van der Waals surface area contributed by atoms with E-state index in [0.29, 0.717) is 18.0 Å². The quantitative estimate of drug-likeness (QED) is 0.831. The van der Waals surface area contributed by atoms with Crippen LogP contribution in [0.4, 0.5) is 0 Å². The Labute approximate surface area is 93.8 Å². The van der Waals surface area contributed by atoms with E-state index in [-0.39, 0.29) is 12.1 Å². The molecule has 1 atom stereocenters. The Balaban J connectivity index is 2.23. The number of amidine groups is 1. The molecule has 5 heteroatoms. The van der Waals surface area contributed by atoms with Crippen LogP contribution in [0.25, 0.3) is 0 Å². The molecular formula is C11H14N2O3. The number of nitrogens with two attached hydrogens (primary N) is 1.